The molecule has 2 amide bonds. The van der Waals surface area contributed by atoms with Gasteiger partial charge in [-0.25, -0.2) is 4.79 Å². The van der Waals surface area contributed by atoms with Gasteiger partial charge in [0.05, 0.1) is 0 Å². The number of nitrogens with one attached hydrogen (secondary N) is 2. The standard InChI is InChI=1S/C24H31N3O3S/c1-17-19(16-27-11-13-31-14-12-27)8-6-10-21(17)26-22(28)18-7-5-9-20(15-18)25-23(29)30-24(2,3)4/h5-10,15H,11-14,16H2,1-4H3,(H,25,29)(H,26,28). The summed E-state index contributed by atoms with van der Waals surface area (Å²) in [6, 6.07) is 12.9. The number of carbonyl (C=O) groups is 2. The lowest BCUT2D eigenvalue weighted by molar-refractivity contribution is 0.0635. The average Bonchev–Trinajstić information content (AvgIpc) is 2.70. The van der Waals surface area contributed by atoms with Gasteiger partial charge in [0.15, 0.2) is 0 Å². The maximum Gasteiger partial charge on any atom is 0.412 e. The SMILES string of the molecule is Cc1c(CN2CCSCC2)cccc1NC(=O)c1cccc(NC(=O)OC(C)(C)C)c1. The van der Waals surface area contributed by atoms with Crippen LogP contribution in [0, 0.1) is 6.92 Å². The van der Waals surface area contributed by atoms with Crippen molar-refractivity contribution < 1.29 is 14.3 Å². The number of hydrogen-bond acceptors (Lipinski definition) is 5. The van der Waals surface area contributed by atoms with Crippen LogP contribution in [0.1, 0.15) is 42.3 Å². The number of rotatable bonds is 5. The smallest absolute Gasteiger partial charge is 0.412 e. The first-order chi connectivity index (χ1) is 14.7. The molecule has 6 nitrogen and oxygen atoms in total. The Labute approximate surface area is 188 Å². The maximum atomic E-state index is 12.9. The van der Waals surface area contributed by atoms with Gasteiger partial charge in [-0.2, -0.15) is 11.8 Å². The second-order valence-corrected chi connectivity index (χ2v) is 9.86. The molecule has 0 aliphatic carbocycles. The predicted molar refractivity (Wildman–Crippen MR) is 128 cm³/mol. The Hall–Kier alpha value is -2.51. The van der Waals surface area contributed by atoms with Gasteiger partial charge in [-0.3, -0.25) is 15.0 Å². The van der Waals surface area contributed by atoms with Crippen molar-refractivity contribution in [2.75, 3.05) is 35.2 Å². The van der Waals surface area contributed by atoms with Gasteiger partial charge in [-0.1, -0.05) is 18.2 Å². The van der Waals surface area contributed by atoms with Gasteiger partial charge in [-0.05, 0) is 63.1 Å². The van der Waals surface area contributed by atoms with Gasteiger partial charge in [0.25, 0.3) is 5.91 Å². The third kappa shape index (κ3) is 7.01. The molecule has 2 aromatic carbocycles. The Morgan fingerprint density at radius 2 is 1.77 bits per heavy atom. The molecule has 0 atom stereocenters. The molecule has 1 saturated heterocycles. The molecule has 0 spiro atoms. The van der Waals surface area contributed by atoms with E-state index >= 15 is 0 Å². The number of anilines is 2. The van der Waals surface area contributed by atoms with Crippen LogP contribution >= 0.6 is 11.8 Å². The highest BCUT2D eigenvalue weighted by molar-refractivity contribution is 7.99. The fraction of sp³-hybridized carbons (Fsp3) is 0.417. The number of nitrogens with zero attached hydrogens (tertiary/aromatic N) is 1. The largest absolute Gasteiger partial charge is 0.444 e. The number of benzene rings is 2. The molecule has 1 aliphatic heterocycles. The number of amides is 2. The molecule has 1 fully saturated rings. The molecule has 1 heterocycles. The average molecular weight is 442 g/mol. The summed E-state index contributed by atoms with van der Waals surface area (Å²) >= 11 is 2.00. The maximum absolute atomic E-state index is 12.9. The van der Waals surface area contributed by atoms with Crippen LogP contribution in [0.2, 0.25) is 0 Å². The normalized spacial score (nSPS) is 14.7. The van der Waals surface area contributed by atoms with Crippen LogP contribution in [0.5, 0.6) is 0 Å². The lowest BCUT2D eigenvalue weighted by atomic mass is 10.1. The van der Waals surface area contributed by atoms with Crippen molar-refractivity contribution in [2.24, 2.45) is 0 Å². The van der Waals surface area contributed by atoms with E-state index in [0.717, 1.165) is 30.9 Å². The van der Waals surface area contributed by atoms with Crippen molar-refractivity contribution in [1.29, 1.82) is 0 Å². The number of ether oxygens (including phenoxy) is 1. The lowest BCUT2D eigenvalue weighted by Gasteiger charge is -2.27. The van der Waals surface area contributed by atoms with E-state index in [0.29, 0.717) is 11.3 Å². The van der Waals surface area contributed by atoms with Gasteiger partial charge in [0.1, 0.15) is 5.60 Å². The molecule has 0 aromatic heterocycles. The van der Waals surface area contributed by atoms with Gasteiger partial charge in [0, 0.05) is 48.1 Å². The highest BCUT2D eigenvalue weighted by Crippen LogP contribution is 2.23. The molecule has 0 bridgehead atoms. The summed E-state index contributed by atoms with van der Waals surface area (Å²) in [6.07, 6.45) is -0.551. The monoisotopic (exact) mass is 441 g/mol. The Morgan fingerprint density at radius 3 is 2.48 bits per heavy atom. The van der Waals surface area contributed by atoms with E-state index in [-0.39, 0.29) is 5.91 Å². The molecule has 2 aromatic rings. The van der Waals surface area contributed by atoms with Crippen molar-refractivity contribution >= 4 is 35.1 Å². The first-order valence-electron chi connectivity index (χ1n) is 10.5. The summed E-state index contributed by atoms with van der Waals surface area (Å²) < 4.78 is 5.27. The topological polar surface area (TPSA) is 70.7 Å². The Morgan fingerprint density at radius 1 is 1.06 bits per heavy atom. The Balaban J connectivity index is 1.67. The van der Waals surface area contributed by atoms with E-state index in [9.17, 15) is 9.59 Å². The van der Waals surface area contributed by atoms with E-state index < -0.39 is 11.7 Å². The third-order valence-corrected chi connectivity index (χ3v) is 5.90. The minimum absolute atomic E-state index is 0.220. The molecule has 3 rings (SSSR count). The number of hydrogen-bond donors (Lipinski definition) is 2. The van der Waals surface area contributed by atoms with Gasteiger partial charge in [-0.15, -0.1) is 0 Å². The molecular weight excluding hydrogens is 410 g/mol. The van der Waals surface area contributed by atoms with E-state index in [1.54, 1.807) is 45.0 Å². The molecule has 2 N–H and O–H groups in total. The molecule has 31 heavy (non-hydrogen) atoms. The van der Waals surface area contributed by atoms with Gasteiger partial charge < -0.3 is 10.1 Å². The fourth-order valence-corrected chi connectivity index (χ4v) is 4.32. The number of thioether (sulfide) groups is 1. The highest BCUT2D eigenvalue weighted by atomic mass is 32.2. The van der Waals surface area contributed by atoms with Crippen molar-refractivity contribution in [2.45, 2.75) is 39.8 Å². The molecule has 1 aliphatic rings. The van der Waals surface area contributed by atoms with E-state index in [1.165, 1.54) is 17.1 Å². The van der Waals surface area contributed by atoms with Gasteiger partial charge in [0.2, 0.25) is 0 Å². The molecular formula is C24H31N3O3S. The molecule has 0 unspecified atom stereocenters. The predicted octanol–water partition coefficient (Wildman–Crippen LogP) is 5.14. The van der Waals surface area contributed by atoms with Crippen molar-refractivity contribution in [3.8, 4) is 0 Å². The minimum atomic E-state index is -0.589. The fourth-order valence-electron chi connectivity index (χ4n) is 3.34. The van der Waals surface area contributed by atoms with Crippen LogP contribution in [-0.4, -0.2) is 47.1 Å². The van der Waals surface area contributed by atoms with Gasteiger partial charge >= 0.3 is 6.09 Å². The van der Waals surface area contributed by atoms with Crippen LogP contribution in [0.3, 0.4) is 0 Å². The summed E-state index contributed by atoms with van der Waals surface area (Å²) in [5, 5.41) is 5.69. The summed E-state index contributed by atoms with van der Waals surface area (Å²) in [5.74, 6) is 2.12. The van der Waals surface area contributed by atoms with Crippen LogP contribution in [0.25, 0.3) is 0 Å². The lowest BCUT2D eigenvalue weighted by Crippen LogP contribution is -2.32. The number of carbonyl (C=O) groups excluding carboxylic acids is 2. The zero-order valence-electron chi connectivity index (χ0n) is 18.7. The van der Waals surface area contributed by atoms with E-state index in [2.05, 4.69) is 21.6 Å². The summed E-state index contributed by atoms with van der Waals surface area (Å²) in [4.78, 5) is 27.3. The minimum Gasteiger partial charge on any atom is -0.444 e. The van der Waals surface area contributed by atoms with E-state index in [1.807, 2.05) is 30.8 Å². The zero-order chi connectivity index (χ0) is 22.4. The third-order valence-electron chi connectivity index (χ3n) is 4.96. The summed E-state index contributed by atoms with van der Waals surface area (Å²) in [7, 11) is 0. The van der Waals surface area contributed by atoms with Crippen LogP contribution in [-0.2, 0) is 11.3 Å². The zero-order valence-corrected chi connectivity index (χ0v) is 19.5. The molecule has 0 saturated carbocycles. The Bertz CT molecular complexity index is 934. The molecule has 7 heteroatoms. The van der Waals surface area contributed by atoms with Crippen LogP contribution in [0.15, 0.2) is 42.5 Å². The highest BCUT2D eigenvalue weighted by Gasteiger charge is 2.17. The van der Waals surface area contributed by atoms with E-state index in [4.69, 9.17) is 4.74 Å². The van der Waals surface area contributed by atoms with Crippen molar-refractivity contribution in [1.82, 2.24) is 4.90 Å². The molecule has 166 valence electrons. The first-order valence-corrected chi connectivity index (χ1v) is 11.7. The summed E-state index contributed by atoms with van der Waals surface area (Å²) in [6.45, 7) is 10.5. The van der Waals surface area contributed by atoms with Crippen molar-refractivity contribution in [3.63, 3.8) is 0 Å². The van der Waals surface area contributed by atoms with Crippen LogP contribution < -0.4 is 10.6 Å². The quantitative estimate of drug-likeness (QED) is 0.672. The van der Waals surface area contributed by atoms with Crippen LogP contribution in [0.4, 0.5) is 16.2 Å². The Kier molecular flexibility index (Phi) is 7.62. The second-order valence-electron chi connectivity index (χ2n) is 8.64. The summed E-state index contributed by atoms with van der Waals surface area (Å²) in [5.41, 5.74) is 3.50. The van der Waals surface area contributed by atoms with Crippen molar-refractivity contribution in [3.05, 3.63) is 59.2 Å². The first kappa shape index (κ1) is 23.2. The second kappa shape index (κ2) is 10.2. The molecule has 0 radical (unpaired) electrons.